The largest absolute Gasteiger partial charge is 0.380 e. The molecule has 21 heavy (non-hydrogen) atoms. The Morgan fingerprint density at radius 1 is 0.857 bits per heavy atom. The van der Waals surface area contributed by atoms with E-state index in [9.17, 15) is 0 Å². The van der Waals surface area contributed by atoms with E-state index in [1.54, 1.807) is 0 Å². The predicted octanol–water partition coefficient (Wildman–Crippen LogP) is 4.29. The number of thioether (sulfide) groups is 1. The molecule has 0 bridgehead atoms. The van der Waals surface area contributed by atoms with Crippen LogP contribution in [-0.2, 0) is 14.2 Å². The Kier molecular flexibility index (Phi) is 11.7. The van der Waals surface area contributed by atoms with Crippen LogP contribution in [0.15, 0.2) is 0 Å². The van der Waals surface area contributed by atoms with Gasteiger partial charge in [0.15, 0.2) is 0 Å². The number of rotatable bonds is 13. The van der Waals surface area contributed by atoms with Crippen molar-refractivity contribution in [1.82, 2.24) is 0 Å². The summed E-state index contributed by atoms with van der Waals surface area (Å²) in [6, 6.07) is 0. The van der Waals surface area contributed by atoms with Crippen molar-refractivity contribution in [1.29, 1.82) is 0 Å². The third-order valence-corrected chi connectivity index (χ3v) is 5.12. The van der Waals surface area contributed by atoms with Crippen molar-refractivity contribution in [3.05, 3.63) is 0 Å². The van der Waals surface area contributed by atoms with Gasteiger partial charge >= 0.3 is 0 Å². The van der Waals surface area contributed by atoms with Crippen molar-refractivity contribution in [2.24, 2.45) is 0 Å². The average molecular weight is 319 g/mol. The summed E-state index contributed by atoms with van der Waals surface area (Å²) in [5.74, 6) is 1.04. The van der Waals surface area contributed by atoms with E-state index >= 15 is 0 Å². The second-order valence-corrected chi connectivity index (χ2v) is 7.02. The molecule has 1 rings (SSSR count). The van der Waals surface area contributed by atoms with Gasteiger partial charge < -0.3 is 14.2 Å². The van der Waals surface area contributed by atoms with Gasteiger partial charge in [-0.25, -0.2) is 0 Å². The first-order valence-electron chi connectivity index (χ1n) is 8.75. The minimum atomic E-state index is 0.208. The zero-order chi connectivity index (χ0) is 15.3. The van der Waals surface area contributed by atoms with E-state index in [4.69, 9.17) is 14.2 Å². The number of hydrogen-bond donors (Lipinski definition) is 0. The van der Waals surface area contributed by atoms with Crippen molar-refractivity contribution in [2.75, 3.05) is 32.2 Å². The van der Waals surface area contributed by atoms with Gasteiger partial charge in [-0.2, -0.15) is 11.8 Å². The van der Waals surface area contributed by atoms with Gasteiger partial charge in [0.05, 0.1) is 24.1 Å². The first kappa shape index (κ1) is 19.3. The molecule has 1 saturated heterocycles. The number of unbranched alkanes of at least 4 members (excludes halogenated alkanes) is 3. The van der Waals surface area contributed by atoms with Gasteiger partial charge in [-0.3, -0.25) is 0 Å². The molecule has 0 N–H and O–H groups in total. The van der Waals surface area contributed by atoms with Crippen LogP contribution in [0.1, 0.15) is 59.3 Å². The summed E-state index contributed by atoms with van der Waals surface area (Å²) in [7, 11) is 0. The standard InChI is InChI=1S/C17H34O3S/c1-4-7-10-18-13-16-17(20-12-9-6-3)15(14-21-16)19-11-8-5-2/h15-17H,4-14H2,1-3H3/t15-,16?,17+/m1/s1. The van der Waals surface area contributed by atoms with E-state index in [-0.39, 0.29) is 12.2 Å². The Balaban J connectivity index is 2.36. The molecule has 1 aliphatic heterocycles. The predicted molar refractivity (Wildman–Crippen MR) is 91.3 cm³/mol. The van der Waals surface area contributed by atoms with Crippen LogP contribution in [0.3, 0.4) is 0 Å². The molecule has 0 aromatic carbocycles. The van der Waals surface area contributed by atoms with Crippen molar-refractivity contribution in [3.8, 4) is 0 Å². The molecule has 0 aliphatic carbocycles. The van der Waals surface area contributed by atoms with Crippen LogP contribution in [0.2, 0.25) is 0 Å². The number of hydrogen-bond acceptors (Lipinski definition) is 4. The lowest BCUT2D eigenvalue weighted by Crippen LogP contribution is -2.37. The Bertz CT molecular complexity index is 238. The van der Waals surface area contributed by atoms with Crippen LogP contribution < -0.4 is 0 Å². The average Bonchev–Trinajstić information content (AvgIpc) is 2.87. The molecular formula is C17H34O3S. The second kappa shape index (κ2) is 12.7. The summed E-state index contributed by atoms with van der Waals surface area (Å²) in [6.45, 7) is 9.98. The fourth-order valence-corrected chi connectivity index (χ4v) is 3.70. The Hall–Kier alpha value is 0.230. The molecule has 1 heterocycles. The molecule has 0 spiro atoms. The molecule has 0 saturated carbocycles. The normalized spacial score (nSPS) is 25.6. The van der Waals surface area contributed by atoms with Crippen molar-refractivity contribution in [3.63, 3.8) is 0 Å². The fourth-order valence-electron chi connectivity index (χ4n) is 2.34. The summed E-state index contributed by atoms with van der Waals surface area (Å²) in [5.41, 5.74) is 0. The quantitative estimate of drug-likeness (QED) is 0.474. The first-order chi connectivity index (χ1) is 10.3. The molecule has 0 amide bonds. The minimum absolute atomic E-state index is 0.208. The van der Waals surface area contributed by atoms with Crippen LogP contribution in [0.25, 0.3) is 0 Å². The van der Waals surface area contributed by atoms with Gasteiger partial charge in [-0.05, 0) is 19.3 Å². The maximum atomic E-state index is 6.13. The molecule has 3 atom stereocenters. The lowest BCUT2D eigenvalue weighted by Gasteiger charge is -2.24. The van der Waals surface area contributed by atoms with Crippen molar-refractivity contribution in [2.45, 2.75) is 76.8 Å². The van der Waals surface area contributed by atoms with E-state index in [0.29, 0.717) is 5.25 Å². The third-order valence-electron chi connectivity index (χ3n) is 3.77. The summed E-state index contributed by atoms with van der Waals surface area (Å²) < 4.78 is 18.0. The monoisotopic (exact) mass is 318 g/mol. The Labute approximate surface area is 135 Å². The molecule has 0 aromatic rings. The molecule has 1 unspecified atom stereocenters. The van der Waals surface area contributed by atoms with Gasteiger partial charge in [0.2, 0.25) is 0 Å². The van der Waals surface area contributed by atoms with Crippen LogP contribution >= 0.6 is 11.8 Å². The topological polar surface area (TPSA) is 27.7 Å². The summed E-state index contributed by atoms with van der Waals surface area (Å²) in [5, 5.41) is 0.435. The van der Waals surface area contributed by atoms with Crippen LogP contribution in [0.4, 0.5) is 0 Å². The van der Waals surface area contributed by atoms with E-state index in [0.717, 1.165) is 51.4 Å². The molecule has 1 fully saturated rings. The highest BCUT2D eigenvalue weighted by atomic mass is 32.2. The maximum Gasteiger partial charge on any atom is 0.0985 e. The molecule has 3 nitrogen and oxygen atoms in total. The maximum absolute atomic E-state index is 6.13. The van der Waals surface area contributed by atoms with E-state index in [1.165, 1.54) is 19.3 Å². The minimum Gasteiger partial charge on any atom is -0.380 e. The first-order valence-corrected chi connectivity index (χ1v) is 9.80. The van der Waals surface area contributed by atoms with E-state index in [1.807, 2.05) is 11.8 Å². The van der Waals surface area contributed by atoms with Crippen LogP contribution in [-0.4, -0.2) is 49.6 Å². The van der Waals surface area contributed by atoms with Crippen LogP contribution in [0, 0.1) is 0 Å². The second-order valence-electron chi connectivity index (χ2n) is 5.75. The van der Waals surface area contributed by atoms with Gasteiger partial charge in [0.25, 0.3) is 0 Å². The molecule has 4 heteroatoms. The van der Waals surface area contributed by atoms with Crippen molar-refractivity contribution < 1.29 is 14.2 Å². The highest BCUT2D eigenvalue weighted by Gasteiger charge is 2.38. The van der Waals surface area contributed by atoms with E-state index < -0.39 is 0 Å². The molecule has 126 valence electrons. The molecule has 0 radical (unpaired) electrons. The smallest absolute Gasteiger partial charge is 0.0985 e. The van der Waals surface area contributed by atoms with Crippen molar-refractivity contribution >= 4 is 11.8 Å². The van der Waals surface area contributed by atoms with Gasteiger partial charge in [0, 0.05) is 25.6 Å². The molecule has 1 aliphatic rings. The summed E-state index contributed by atoms with van der Waals surface area (Å²) in [4.78, 5) is 0. The SMILES string of the molecule is CCCCOCC1SC[C@@H](OCCCC)[C@@H]1OCCCC. The van der Waals surface area contributed by atoms with Gasteiger partial charge in [0.1, 0.15) is 0 Å². The highest BCUT2D eigenvalue weighted by Crippen LogP contribution is 2.32. The lowest BCUT2D eigenvalue weighted by atomic mass is 10.1. The van der Waals surface area contributed by atoms with Gasteiger partial charge in [-0.15, -0.1) is 0 Å². The highest BCUT2D eigenvalue weighted by molar-refractivity contribution is 8.00. The summed E-state index contributed by atoms with van der Waals surface area (Å²) in [6.07, 6.45) is 7.43. The van der Waals surface area contributed by atoms with E-state index in [2.05, 4.69) is 20.8 Å². The Morgan fingerprint density at radius 3 is 2.14 bits per heavy atom. The number of ether oxygens (including phenoxy) is 3. The van der Waals surface area contributed by atoms with Gasteiger partial charge in [-0.1, -0.05) is 40.0 Å². The molecule has 0 aromatic heterocycles. The fraction of sp³-hybridized carbons (Fsp3) is 1.00. The lowest BCUT2D eigenvalue weighted by molar-refractivity contribution is -0.0656. The Morgan fingerprint density at radius 2 is 1.48 bits per heavy atom. The third kappa shape index (κ3) is 7.87. The summed E-state index contributed by atoms with van der Waals surface area (Å²) >= 11 is 1.96. The molecular weight excluding hydrogens is 284 g/mol. The van der Waals surface area contributed by atoms with Crippen LogP contribution in [0.5, 0.6) is 0 Å². The zero-order valence-electron chi connectivity index (χ0n) is 14.1. The zero-order valence-corrected chi connectivity index (χ0v) is 15.0.